The molecule has 194 valence electrons. The van der Waals surface area contributed by atoms with Crippen LogP contribution in [0.15, 0.2) is 84.9 Å². The second kappa shape index (κ2) is 13.2. The van der Waals surface area contributed by atoms with Crippen molar-refractivity contribution in [2.24, 2.45) is 0 Å². The largest absolute Gasteiger partial charge is 0.480 e. The number of rotatable bonds is 11. The van der Waals surface area contributed by atoms with Crippen molar-refractivity contribution in [3.8, 4) is 11.1 Å². The minimum absolute atomic E-state index is 0.00520. The van der Waals surface area contributed by atoms with E-state index >= 15 is 0 Å². The summed E-state index contributed by atoms with van der Waals surface area (Å²) in [5.74, 6) is -2.05. The molecule has 3 aromatic rings. The van der Waals surface area contributed by atoms with Crippen LogP contribution >= 0.6 is 0 Å². The molecule has 8 nitrogen and oxygen atoms in total. The fourth-order valence-corrected chi connectivity index (χ4v) is 3.75. The topological polar surface area (TPSA) is 116 Å². The Morgan fingerprint density at radius 1 is 0.838 bits per heavy atom. The summed E-state index contributed by atoms with van der Waals surface area (Å²) in [5.41, 5.74) is 3.56. The van der Waals surface area contributed by atoms with Crippen LogP contribution in [0.4, 0.5) is 4.79 Å². The summed E-state index contributed by atoms with van der Waals surface area (Å²) in [5, 5.41) is 22.6. The number of carboxylic acid groups (broad SMARTS) is 1. The fourth-order valence-electron chi connectivity index (χ4n) is 3.75. The van der Waals surface area contributed by atoms with Crippen LogP contribution in [-0.2, 0) is 27.4 Å². The predicted molar refractivity (Wildman–Crippen MR) is 140 cm³/mol. The molecule has 0 aliphatic heterocycles. The van der Waals surface area contributed by atoms with E-state index in [1.54, 1.807) is 38.1 Å². The van der Waals surface area contributed by atoms with Crippen LogP contribution in [0.3, 0.4) is 0 Å². The van der Waals surface area contributed by atoms with Crippen LogP contribution in [0.1, 0.15) is 25.0 Å². The molecule has 0 aliphatic rings. The summed E-state index contributed by atoms with van der Waals surface area (Å²) in [7, 11) is 0. The number of benzene rings is 3. The van der Waals surface area contributed by atoms with Crippen LogP contribution in [0.2, 0.25) is 0 Å². The Morgan fingerprint density at radius 3 is 1.97 bits per heavy atom. The second-order valence-corrected chi connectivity index (χ2v) is 8.96. The Morgan fingerprint density at radius 2 is 1.41 bits per heavy atom. The molecule has 0 spiro atoms. The van der Waals surface area contributed by atoms with Gasteiger partial charge in [-0.05, 0) is 36.1 Å². The van der Waals surface area contributed by atoms with Gasteiger partial charge < -0.3 is 25.2 Å². The minimum Gasteiger partial charge on any atom is -0.480 e. The SMILES string of the molecule is CC(C)N(CC(O)C(=O)OCc1ccccc1)C(=O)N[C@@H](Cc1ccc(-c2ccccc2)cc1)C(=O)O. The zero-order valence-electron chi connectivity index (χ0n) is 20.9. The van der Waals surface area contributed by atoms with Crippen molar-refractivity contribution in [3.05, 3.63) is 96.1 Å². The molecule has 3 N–H and O–H groups in total. The number of urea groups is 1. The van der Waals surface area contributed by atoms with Gasteiger partial charge in [-0.1, -0.05) is 84.9 Å². The Balaban J connectivity index is 1.60. The standard InChI is InChI=1S/C29H32N2O6/c1-20(2)31(18-26(32)28(35)37-19-22-9-5-3-6-10-22)29(36)30-25(27(33)34)17-21-13-15-24(16-14-21)23-11-7-4-8-12-23/h3-16,20,25-26,32H,17-19H2,1-2H3,(H,30,36)(H,33,34)/t25-,26?/m0/s1. The number of aliphatic hydroxyl groups is 1. The molecule has 2 atom stereocenters. The third kappa shape index (κ3) is 8.18. The quantitative estimate of drug-likeness (QED) is 0.342. The van der Waals surface area contributed by atoms with E-state index in [0.717, 1.165) is 22.3 Å². The average Bonchev–Trinajstić information content (AvgIpc) is 2.91. The van der Waals surface area contributed by atoms with Crippen LogP contribution in [0.25, 0.3) is 11.1 Å². The van der Waals surface area contributed by atoms with Crippen molar-refractivity contribution in [2.45, 2.75) is 45.1 Å². The number of carbonyl (C=O) groups excluding carboxylic acids is 2. The van der Waals surface area contributed by atoms with Gasteiger partial charge in [0.05, 0.1) is 6.54 Å². The maximum atomic E-state index is 13.0. The number of ether oxygens (including phenoxy) is 1. The number of hydrogen-bond acceptors (Lipinski definition) is 5. The van der Waals surface area contributed by atoms with Gasteiger partial charge in [0.15, 0.2) is 6.10 Å². The Labute approximate surface area is 216 Å². The lowest BCUT2D eigenvalue weighted by molar-refractivity contribution is -0.155. The fraction of sp³-hybridized carbons (Fsp3) is 0.276. The number of hydrogen-bond donors (Lipinski definition) is 3. The van der Waals surface area contributed by atoms with Crippen molar-refractivity contribution in [1.29, 1.82) is 0 Å². The van der Waals surface area contributed by atoms with E-state index in [0.29, 0.717) is 0 Å². The highest BCUT2D eigenvalue weighted by molar-refractivity contribution is 5.83. The lowest BCUT2D eigenvalue weighted by Gasteiger charge is -2.30. The van der Waals surface area contributed by atoms with Gasteiger partial charge in [-0.15, -0.1) is 0 Å². The molecule has 37 heavy (non-hydrogen) atoms. The molecule has 0 fully saturated rings. The Kier molecular flexibility index (Phi) is 9.80. The number of amides is 2. The second-order valence-electron chi connectivity index (χ2n) is 8.96. The third-order valence-electron chi connectivity index (χ3n) is 5.85. The van der Waals surface area contributed by atoms with E-state index in [4.69, 9.17) is 4.74 Å². The Hall–Kier alpha value is -4.17. The smallest absolute Gasteiger partial charge is 0.337 e. The molecule has 0 heterocycles. The number of carboxylic acids is 1. The van der Waals surface area contributed by atoms with Crippen LogP contribution in [0.5, 0.6) is 0 Å². The first-order chi connectivity index (χ1) is 17.7. The molecule has 0 saturated heterocycles. The van der Waals surface area contributed by atoms with Gasteiger partial charge in [-0.2, -0.15) is 0 Å². The number of aliphatic hydroxyl groups excluding tert-OH is 1. The van der Waals surface area contributed by atoms with Gasteiger partial charge in [0, 0.05) is 12.5 Å². The lowest BCUT2D eigenvalue weighted by Crippen LogP contribution is -2.53. The molecule has 0 aromatic heterocycles. The molecule has 0 saturated carbocycles. The van der Waals surface area contributed by atoms with Crippen LogP contribution < -0.4 is 5.32 Å². The molecule has 0 bridgehead atoms. The maximum Gasteiger partial charge on any atom is 0.337 e. The molecule has 1 unspecified atom stereocenters. The highest BCUT2D eigenvalue weighted by Crippen LogP contribution is 2.20. The summed E-state index contributed by atoms with van der Waals surface area (Å²) in [4.78, 5) is 38.4. The van der Waals surface area contributed by atoms with E-state index in [9.17, 15) is 24.6 Å². The van der Waals surface area contributed by atoms with E-state index < -0.39 is 36.2 Å². The average molecular weight is 505 g/mol. The number of carbonyl (C=O) groups is 3. The predicted octanol–water partition coefficient (Wildman–Crippen LogP) is 3.87. The highest BCUT2D eigenvalue weighted by atomic mass is 16.5. The van der Waals surface area contributed by atoms with Gasteiger partial charge >= 0.3 is 18.0 Å². The zero-order chi connectivity index (χ0) is 26.8. The van der Waals surface area contributed by atoms with Crippen molar-refractivity contribution >= 4 is 18.0 Å². The maximum absolute atomic E-state index is 13.0. The van der Waals surface area contributed by atoms with Gasteiger partial charge in [0.2, 0.25) is 0 Å². The molecular formula is C29H32N2O6. The highest BCUT2D eigenvalue weighted by Gasteiger charge is 2.29. The summed E-state index contributed by atoms with van der Waals surface area (Å²) >= 11 is 0. The molecule has 8 heteroatoms. The summed E-state index contributed by atoms with van der Waals surface area (Å²) in [6, 6.07) is 24.0. The van der Waals surface area contributed by atoms with E-state index in [2.05, 4.69) is 5.32 Å². The number of esters is 1. The van der Waals surface area contributed by atoms with Crippen LogP contribution in [0, 0.1) is 0 Å². The molecule has 2 amide bonds. The third-order valence-corrected chi connectivity index (χ3v) is 5.85. The summed E-state index contributed by atoms with van der Waals surface area (Å²) < 4.78 is 5.15. The minimum atomic E-state index is -1.58. The lowest BCUT2D eigenvalue weighted by atomic mass is 10.0. The first-order valence-electron chi connectivity index (χ1n) is 12.1. The number of nitrogens with zero attached hydrogens (tertiary/aromatic N) is 1. The first kappa shape index (κ1) is 27.4. The zero-order valence-corrected chi connectivity index (χ0v) is 20.9. The van der Waals surface area contributed by atoms with Crippen LogP contribution in [-0.4, -0.2) is 57.8 Å². The van der Waals surface area contributed by atoms with Gasteiger partial charge in [-0.25, -0.2) is 14.4 Å². The normalized spacial score (nSPS) is 12.4. The van der Waals surface area contributed by atoms with Gasteiger partial charge in [0.1, 0.15) is 12.6 Å². The number of nitrogens with one attached hydrogen (secondary N) is 1. The molecule has 0 radical (unpaired) electrons. The molecule has 0 aliphatic carbocycles. The van der Waals surface area contributed by atoms with Gasteiger partial charge in [0.25, 0.3) is 0 Å². The monoisotopic (exact) mass is 504 g/mol. The van der Waals surface area contributed by atoms with E-state index in [1.165, 1.54) is 4.90 Å². The van der Waals surface area contributed by atoms with Crippen molar-refractivity contribution in [1.82, 2.24) is 10.2 Å². The van der Waals surface area contributed by atoms with Crippen molar-refractivity contribution in [2.75, 3.05) is 6.54 Å². The Bertz CT molecular complexity index is 1170. The van der Waals surface area contributed by atoms with Crippen molar-refractivity contribution < 1.29 is 29.3 Å². The molecule has 3 aromatic carbocycles. The first-order valence-corrected chi connectivity index (χ1v) is 12.1. The van der Waals surface area contributed by atoms with Gasteiger partial charge in [-0.3, -0.25) is 0 Å². The summed E-state index contributed by atoms with van der Waals surface area (Å²) in [6.45, 7) is 3.07. The molecular weight excluding hydrogens is 472 g/mol. The summed E-state index contributed by atoms with van der Waals surface area (Å²) in [6.07, 6.45) is -1.50. The number of aliphatic carboxylic acids is 1. The van der Waals surface area contributed by atoms with Crippen molar-refractivity contribution in [3.63, 3.8) is 0 Å². The van der Waals surface area contributed by atoms with E-state index in [-0.39, 0.29) is 19.6 Å². The molecule has 3 rings (SSSR count). The van der Waals surface area contributed by atoms with E-state index in [1.807, 2.05) is 60.7 Å².